The number of benzene rings is 2. The first-order valence-corrected chi connectivity index (χ1v) is 12.5. The van der Waals surface area contributed by atoms with Crippen LogP contribution in [0.2, 0.25) is 0 Å². The van der Waals surface area contributed by atoms with Crippen LogP contribution in [-0.4, -0.2) is 36.2 Å². The van der Waals surface area contributed by atoms with Crippen molar-refractivity contribution < 1.29 is 19.1 Å². The van der Waals surface area contributed by atoms with Crippen LogP contribution in [0.25, 0.3) is 12.2 Å². The van der Waals surface area contributed by atoms with E-state index in [-0.39, 0.29) is 20.8 Å². The zero-order valence-corrected chi connectivity index (χ0v) is 23.1. The first kappa shape index (κ1) is 35.0. The second-order valence-electron chi connectivity index (χ2n) is 8.90. The lowest BCUT2D eigenvalue weighted by molar-refractivity contribution is 0.0477. The van der Waals surface area contributed by atoms with Gasteiger partial charge in [-0.25, -0.2) is 4.79 Å². The number of allylic oxidation sites excluding steroid dienone is 2. The lowest BCUT2D eigenvalue weighted by Gasteiger charge is -2.22. The van der Waals surface area contributed by atoms with Crippen LogP contribution in [0.15, 0.2) is 24.3 Å². The van der Waals surface area contributed by atoms with E-state index in [2.05, 4.69) is 0 Å². The van der Waals surface area contributed by atoms with E-state index in [1.165, 1.54) is 0 Å². The number of nitriles is 1. The first-order valence-electron chi connectivity index (χ1n) is 12.5. The molecular weight excluding hydrogens is 488 g/mol. The van der Waals surface area contributed by atoms with Gasteiger partial charge in [0.05, 0.1) is 11.1 Å². The molecule has 0 bridgehead atoms. The molecule has 1 aliphatic heterocycles. The molecule has 0 aliphatic carbocycles. The van der Waals surface area contributed by atoms with Gasteiger partial charge in [0.2, 0.25) is 6.10 Å². The summed E-state index contributed by atoms with van der Waals surface area (Å²) in [5.74, 6) is -0.463. The summed E-state index contributed by atoms with van der Waals surface area (Å²) in [6.07, 6.45) is 7.85. The number of aryl methyl sites for hydroxylation is 2. The summed E-state index contributed by atoms with van der Waals surface area (Å²) in [6.45, 7) is 16.8. The minimum atomic E-state index is -0.755. The molecule has 0 radical (unpaired) electrons. The molecule has 1 amide bonds. The number of carbonyl (C=O) groups excluding carboxylic acids is 3. The SMILES string of the molecule is C.C.C/C=C/c1c(C)cc(C=O)c(C(=O)N(CC)CC)c1C.C/C=C/c1c(C)cc2c(c1C)C(=O)OC2C#N. The van der Waals surface area contributed by atoms with Gasteiger partial charge >= 0.3 is 5.97 Å². The molecule has 2 aromatic carbocycles. The fourth-order valence-corrected chi connectivity index (χ4v) is 4.76. The Morgan fingerprint density at radius 3 is 1.95 bits per heavy atom. The standard InChI is InChI=1S/C17H23NO2.C14H13NO2.2CH4/c1-6-9-15-12(4)10-14(11-19)16(13(15)5)17(20)18(7-2)8-3;1-4-5-10-8(2)6-11-12(7-15)17-14(16)13(11)9(10)3;;/h6,9-11H,7-8H2,1-5H3;4-6,12H,1-3H3;2*1H4/b9-6+;5-4+;;. The molecule has 3 rings (SSSR count). The summed E-state index contributed by atoms with van der Waals surface area (Å²) in [4.78, 5) is 37.4. The summed E-state index contributed by atoms with van der Waals surface area (Å²) in [5.41, 5.74) is 8.14. The molecule has 0 fully saturated rings. The molecule has 0 aromatic heterocycles. The average Bonchev–Trinajstić information content (AvgIpc) is 3.19. The molecule has 0 saturated heterocycles. The van der Waals surface area contributed by atoms with E-state index in [4.69, 9.17) is 10.00 Å². The van der Waals surface area contributed by atoms with Crippen LogP contribution in [-0.2, 0) is 4.74 Å². The van der Waals surface area contributed by atoms with Gasteiger partial charge in [0, 0.05) is 24.2 Å². The fourth-order valence-electron chi connectivity index (χ4n) is 4.76. The molecule has 210 valence electrons. The molecule has 0 N–H and O–H groups in total. The number of esters is 1. The number of hydrogen-bond acceptors (Lipinski definition) is 5. The number of amides is 1. The Morgan fingerprint density at radius 2 is 1.49 bits per heavy atom. The Labute approximate surface area is 235 Å². The molecule has 6 nitrogen and oxygen atoms in total. The molecule has 6 heteroatoms. The van der Waals surface area contributed by atoms with Gasteiger partial charge in [0.15, 0.2) is 6.29 Å². The monoisotopic (exact) mass is 532 g/mol. The molecule has 2 aromatic rings. The number of ether oxygens (including phenoxy) is 1. The smallest absolute Gasteiger partial charge is 0.340 e. The van der Waals surface area contributed by atoms with Crippen molar-refractivity contribution >= 4 is 30.3 Å². The van der Waals surface area contributed by atoms with E-state index in [1.807, 2.05) is 91.8 Å². The van der Waals surface area contributed by atoms with Crippen LogP contribution in [0, 0.1) is 39.0 Å². The third kappa shape index (κ3) is 7.11. The zero-order chi connectivity index (χ0) is 27.9. The van der Waals surface area contributed by atoms with Gasteiger partial charge in [-0.1, -0.05) is 39.2 Å². The van der Waals surface area contributed by atoms with Crippen LogP contribution in [0.5, 0.6) is 0 Å². The Balaban J connectivity index is 0.000000711. The molecule has 0 spiro atoms. The number of hydrogen-bond donors (Lipinski definition) is 0. The van der Waals surface area contributed by atoms with Gasteiger partial charge in [-0.3, -0.25) is 9.59 Å². The first-order chi connectivity index (χ1) is 17.6. The summed E-state index contributed by atoms with van der Waals surface area (Å²) in [5, 5.41) is 8.94. The quantitative estimate of drug-likeness (QED) is 0.278. The van der Waals surface area contributed by atoms with E-state index in [1.54, 1.807) is 11.0 Å². The van der Waals surface area contributed by atoms with Crippen molar-refractivity contribution in [3.8, 4) is 6.07 Å². The van der Waals surface area contributed by atoms with Gasteiger partial charge in [-0.05, 0) is 101 Å². The Bertz CT molecular complexity index is 1310. The highest BCUT2D eigenvalue weighted by Gasteiger charge is 2.33. The van der Waals surface area contributed by atoms with Gasteiger partial charge < -0.3 is 9.64 Å². The molecule has 39 heavy (non-hydrogen) atoms. The van der Waals surface area contributed by atoms with Gasteiger partial charge in [-0.15, -0.1) is 0 Å². The van der Waals surface area contributed by atoms with Crippen molar-refractivity contribution in [3.63, 3.8) is 0 Å². The number of rotatable bonds is 6. The van der Waals surface area contributed by atoms with Crippen LogP contribution in [0.4, 0.5) is 0 Å². The van der Waals surface area contributed by atoms with E-state index >= 15 is 0 Å². The predicted molar refractivity (Wildman–Crippen MR) is 161 cm³/mol. The van der Waals surface area contributed by atoms with Gasteiger partial charge in [0.25, 0.3) is 5.91 Å². The number of nitrogens with zero attached hydrogens (tertiary/aromatic N) is 2. The number of fused-ring (bicyclic) bond motifs is 1. The van der Waals surface area contributed by atoms with Gasteiger partial charge in [0.1, 0.15) is 6.07 Å². The topological polar surface area (TPSA) is 87.5 Å². The van der Waals surface area contributed by atoms with E-state index in [9.17, 15) is 14.4 Å². The third-order valence-electron chi connectivity index (χ3n) is 6.62. The minimum Gasteiger partial charge on any atom is -0.438 e. The van der Waals surface area contributed by atoms with Crippen molar-refractivity contribution in [2.75, 3.05) is 13.1 Å². The van der Waals surface area contributed by atoms with E-state index < -0.39 is 12.1 Å². The van der Waals surface area contributed by atoms with Crippen molar-refractivity contribution in [2.24, 2.45) is 0 Å². The van der Waals surface area contributed by atoms with Crippen LogP contribution in [0.3, 0.4) is 0 Å². The molecule has 0 saturated carbocycles. The molecular formula is C33H44N2O4. The molecule has 1 aliphatic rings. The van der Waals surface area contributed by atoms with Crippen molar-refractivity contribution in [3.05, 3.63) is 79.9 Å². The van der Waals surface area contributed by atoms with Crippen molar-refractivity contribution in [2.45, 2.75) is 76.3 Å². The highest BCUT2D eigenvalue weighted by atomic mass is 16.5. The van der Waals surface area contributed by atoms with Crippen molar-refractivity contribution in [1.82, 2.24) is 4.90 Å². The number of carbonyl (C=O) groups is 3. The van der Waals surface area contributed by atoms with E-state index in [0.29, 0.717) is 35.3 Å². The van der Waals surface area contributed by atoms with E-state index in [0.717, 1.165) is 39.7 Å². The Morgan fingerprint density at radius 1 is 0.974 bits per heavy atom. The molecule has 1 heterocycles. The van der Waals surface area contributed by atoms with Crippen molar-refractivity contribution in [1.29, 1.82) is 5.26 Å². The number of cyclic esters (lactones) is 1. The second-order valence-corrected chi connectivity index (χ2v) is 8.90. The maximum atomic E-state index is 12.6. The minimum absolute atomic E-state index is 0. The number of aldehydes is 1. The summed E-state index contributed by atoms with van der Waals surface area (Å²) < 4.78 is 5.03. The maximum absolute atomic E-state index is 12.6. The summed E-state index contributed by atoms with van der Waals surface area (Å²) >= 11 is 0. The highest BCUT2D eigenvalue weighted by Crippen LogP contribution is 2.35. The molecule has 1 unspecified atom stereocenters. The second kappa shape index (κ2) is 15.4. The Kier molecular flexibility index (Phi) is 13.9. The van der Waals surface area contributed by atoms with Crippen LogP contribution < -0.4 is 0 Å². The lowest BCUT2D eigenvalue weighted by Crippen LogP contribution is -2.32. The Hall–Kier alpha value is -3.98. The van der Waals surface area contributed by atoms with Gasteiger partial charge in [-0.2, -0.15) is 5.26 Å². The average molecular weight is 533 g/mol. The molecule has 1 atom stereocenters. The van der Waals surface area contributed by atoms with Crippen LogP contribution in [0.1, 0.15) is 119 Å². The zero-order valence-electron chi connectivity index (χ0n) is 23.1. The summed E-state index contributed by atoms with van der Waals surface area (Å²) in [6, 6.07) is 5.66. The summed E-state index contributed by atoms with van der Waals surface area (Å²) in [7, 11) is 0. The highest BCUT2D eigenvalue weighted by molar-refractivity contribution is 6.03. The maximum Gasteiger partial charge on any atom is 0.340 e. The fraction of sp³-hybridized carbons (Fsp3) is 0.394. The predicted octanol–water partition coefficient (Wildman–Crippen LogP) is 7.97. The lowest BCUT2D eigenvalue weighted by atomic mass is 9.92. The normalized spacial score (nSPS) is 13.4. The largest absolute Gasteiger partial charge is 0.438 e. The van der Waals surface area contributed by atoms with Crippen LogP contribution >= 0.6 is 0 Å². The third-order valence-corrected chi connectivity index (χ3v) is 6.62.